The molecule has 1 aliphatic rings. The number of hydrogen-bond acceptors (Lipinski definition) is 6. The minimum atomic E-state index is -0.520. The third-order valence-electron chi connectivity index (χ3n) is 4.30. The molecule has 7 nitrogen and oxygen atoms in total. The van der Waals surface area contributed by atoms with Crippen molar-refractivity contribution in [1.29, 1.82) is 0 Å². The normalized spacial score (nSPS) is 16.9. The molecule has 1 aliphatic heterocycles. The Balaban J connectivity index is 1.69. The van der Waals surface area contributed by atoms with Crippen molar-refractivity contribution in [2.75, 3.05) is 13.2 Å². The largest absolute Gasteiger partial charge is 0.466 e. The third kappa shape index (κ3) is 5.24. The molecule has 1 atom stereocenters. The van der Waals surface area contributed by atoms with E-state index in [1.165, 1.54) is 0 Å². The molecule has 27 heavy (non-hydrogen) atoms. The lowest BCUT2D eigenvalue weighted by molar-refractivity contribution is -0.169. The van der Waals surface area contributed by atoms with E-state index in [1.807, 2.05) is 12.1 Å². The lowest BCUT2D eigenvalue weighted by Gasteiger charge is -2.22. The van der Waals surface area contributed by atoms with Crippen LogP contribution in [0.25, 0.3) is 5.69 Å². The molecule has 0 spiro atoms. The van der Waals surface area contributed by atoms with Crippen molar-refractivity contribution in [3.05, 3.63) is 47.8 Å². The van der Waals surface area contributed by atoms with Crippen LogP contribution >= 0.6 is 0 Å². The first-order valence-electron chi connectivity index (χ1n) is 9.22. The van der Waals surface area contributed by atoms with Crippen LogP contribution in [0.3, 0.4) is 0 Å². The fourth-order valence-corrected chi connectivity index (χ4v) is 2.95. The number of Topliss-reactive ketones (excluding diaryl/α,β-unsaturated/α-hetero) is 1. The lowest BCUT2D eigenvalue weighted by Crippen LogP contribution is -2.22. The second kappa shape index (κ2) is 9.43. The highest BCUT2D eigenvalue weighted by atomic mass is 16.7. The Morgan fingerprint density at radius 1 is 1.30 bits per heavy atom. The van der Waals surface area contributed by atoms with Gasteiger partial charge < -0.3 is 14.2 Å². The van der Waals surface area contributed by atoms with Crippen molar-refractivity contribution in [3.8, 4) is 5.69 Å². The first-order chi connectivity index (χ1) is 13.2. The minimum Gasteiger partial charge on any atom is -0.466 e. The van der Waals surface area contributed by atoms with Gasteiger partial charge in [0.25, 0.3) is 0 Å². The van der Waals surface area contributed by atoms with Crippen LogP contribution in [0.5, 0.6) is 0 Å². The predicted octanol–water partition coefficient (Wildman–Crippen LogP) is 3.05. The summed E-state index contributed by atoms with van der Waals surface area (Å²) in [6, 6.07) is 8.89. The molecule has 0 amide bonds. The third-order valence-corrected chi connectivity index (χ3v) is 4.30. The molecule has 144 valence electrons. The van der Waals surface area contributed by atoms with Gasteiger partial charge in [0.15, 0.2) is 12.1 Å². The molecule has 0 saturated carbocycles. The standard InChI is InChI=1S/C20H24N2O5/c1-2-25-19(24)13-18(23)15-6-5-7-16(12-15)22-17(9-10-21-22)14-27-20-8-3-4-11-26-20/h5-7,9-10,12,20H,2-4,8,11,13-14H2,1H3. The first kappa shape index (κ1) is 19.3. The average Bonchev–Trinajstić information content (AvgIpc) is 3.16. The molecule has 2 heterocycles. The van der Waals surface area contributed by atoms with Gasteiger partial charge >= 0.3 is 5.97 Å². The Bertz CT molecular complexity index is 780. The first-order valence-corrected chi connectivity index (χ1v) is 9.22. The van der Waals surface area contributed by atoms with E-state index in [4.69, 9.17) is 14.2 Å². The second-order valence-electron chi connectivity index (χ2n) is 6.30. The second-order valence-corrected chi connectivity index (χ2v) is 6.30. The number of carbonyl (C=O) groups excluding carboxylic acids is 2. The van der Waals surface area contributed by atoms with Crippen molar-refractivity contribution in [1.82, 2.24) is 9.78 Å². The van der Waals surface area contributed by atoms with Gasteiger partial charge in [0.1, 0.15) is 6.42 Å². The Morgan fingerprint density at radius 2 is 2.19 bits per heavy atom. The number of esters is 1. The zero-order valence-corrected chi connectivity index (χ0v) is 15.4. The van der Waals surface area contributed by atoms with Crippen molar-refractivity contribution < 1.29 is 23.8 Å². The molecular formula is C20H24N2O5. The number of aromatic nitrogens is 2. The number of carbonyl (C=O) groups is 2. The summed E-state index contributed by atoms with van der Waals surface area (Å²) in [7, 11) is 0. The molecule has 2 aromatic rings. The fourth-order valence-electron chi connectivity index (χ4n) is 2.95. The maximum Gasteiger partial charge on any atom is 0.313 e. The van der Waals surface area contributed by atoms with Crippen LogP contribution in [-0.4, -0.2) is 41.0 Å². The number of benzene rings is 1. The number of ether oxygens (including phenoxy) is 3. The SMILES string of the molecule is CCOC(=O)CC(=O)c1cccc(-n2nccc2COC2CCCCO2)c1. The van der Waals surface area contributed by atoms with E-state index in [0.717, 1.165) is 37.3 Å². The summed E-state index contributed by atoms with van der Waals surface area (Å²) in [5.41, 5.74) is 2.04. The van der Waals surface area contributed by atoms with E-state index in [0.29, 0.717) is 12.2 Å². The van der Waals surface area contributed by atoms with Gasteiger partial charge in [-0.15, -0.1) is 0 Å². The maximum atomic E-state index is 12.3. The minimum absolute atomic E-state index is 0.181. The smallest absolute Gasteiger partial charge is 0.313 e. The molecule has 1 aromatic heterocycles. The van der Waals surface area contributed by atoms with Gasteiger partial charge in [-0.25, -0.2) is 4.68 Å². The van der Waals surface area contributed by atoms with Gasteiger partial charge in [0, 0.05) is 18.4 Å². The number of nitrogens with zero attached hydrogens (tertiary/aromatic N) is 2. The molecule has 0 bridgehead atoms. The zero-order valence-electron chi connectivity index (χ0n) is 15.4. The molecule has 1 aromatic carbocycles. The molecule has 1 unspecified atom stereocenters. The van der Waals surface area contributed by atoms with Gasteiger partial charge in [-0.05, 0) is 44.4 Å². The van der Waals surface area contributed by atoms with Gasteiger partial charge in [-0.1, -0.05) is 12.1 Å². The lowest BCUT2D eigenvalue weighted by atomic mass is 10.1. The number of ketones is 1. The molecule has 0 N–H and O–H groups in total. The molecule has 1 saturated heterocycles. The fraction of sp³-hybridized carbons (Fsp3) is 0.450. The Morgan fingerprint density at radius 3 is 2.96 bits per heavy atom. The maximum absolute atomic E-state index is 12.3. The highest BCUT2D eigenvalue weighted by Gasteiger charge is 2.17. The van der Waals surface area contributed by atoms with E-state index in [9.17, 15) is 9.59 Å². The van der Waals surface area contributed by atoms with Crippen molar-refractivity contribution in [2.24, 2.45) is 0 Å². The molecule has 3 rings (SSSR count). The Kier molecular flexibility index (Phi) is 6.73. The average molecular weight is 372 g/mol. The van der Waals surface area contributed by atoms with E-state index in [1.54, 1.807) is 36.0 Å². The van der Waals surface area contributed by atoms with Crippen LogP contribution in [0.15, 0.2) is 36.5 Å². The van der Waals surface area contributed by atoms with Gasteiger partial charge in [-0.2, -0.15) is 5.10 Å². The predicted molar refractivity (Wildman–Crippen MR) is 97.5 cm³/mol. The summed E-state index contributed by atoms with van der Waals surface area (Å²) in [6.45, 7) is 3.07. The molecule has 0 radical (unpaired) electrons. The van der Waals surface area contributed by atoms with Crippen LogP contribution in [-0.2, 0) is 25.6 Å². The molecule has 1 fully saturated rings. The Hall–Kier alpha value is -2.51. The Labute approximate surface area is 158 Å². The van der Waals surface area contributed by atoms with Gasteiger partial charge in [0.2, 0.25) is 0 Å². The van der Waals surface area contributed by atoms with Gasteiger partial charge in [0.05, 0.1) is 24.6 Å². The van der Waals surface area contributed by atoms with E-state index >= 15 is 0 Å². The quantitative estimate of drug-likeness (QED) is 0.403. The number of rotatable bonds is 8. The van der Waals surface area contributed by atoms with Crippen molar-refractivity contribution in [3.63, 3.8) is 0 Å². The summed E-state index contributed by atoms with van der Waals surface area (Å²) in [6.07, 6.45) is 4.31. The van der Waals surface area contributed by atoms with E-state index in [2.05, 4.69) is 5.10 Å². The molecular weight excluding hydrogens is 348 g/mol. The monoisotopic (exact) mass is 372 g/mol. The summed E-state index contributed by atoms with van der Waals surface area (Å²) in [5.74, 6) is -0.801. The van der Waals surface area contributed by atoms with E-state index in [-0.39, 0.29) is 25.1 Å². The molecule has 0 aliphatic carbocycles. The van der Waals surface area contributed by atoms with Crippen LogP contribution in [0, 0.1) is 0 Å². The van der Waals surface area contributed by atoms with Crippen molar-refractivity contribution in [2.45, 2.75) is 45.5 Å². The van der Waals surface area contributed by atoms with E-state index < -0.39 is 5.97 Å². The molecule has 7 heteroatoms. The van der Waals surface area contributed by atoms with Crippen LogP contribution in [0.4, 0.5) is 0 Å². The topological polar surface area (TPSA) is 79.7 Å². The summed E-state index contributed by atoms with van der Waals surface area (Å²) in [5, 5.41) is 4.33. The summed E-state index contributed by atoms with van der Waals surface area (Å²) in [4.78, 5) is 23.8. The summed E-state index contributed by atoms with van der Waals surface area (Å²) >= 11 is 0. The highest BCUT2D eigenvalue weighted by molar-refractivity contribution is 6.06. The number of hydrogen-bond donors (Lipinski definition) is 0. The van der Waals surface area contributed by atoms with Crippen LogP contribution in [0.2, 0.25) is 0 Å². The highest BCUT2D eigenvalue weighted by Crippen LogP contribution is 2.18. The van der Waals surface area contributed by atoms with Crippen molar-refractivity contribution >= 4 is 11.8 Å². The summed E-state index contributed by atoms with van der Waals surface area (Å²) < 4.78 is 18.0. The van der Waals surface area contributed by atoms with Crippen LogP contribution in [0.1, 0.15) is 48.7 Å². The van der Waals surface area contributed by atoms with Gasteiger partial charge in [-0.3, -0.25) is 9.59 Å². The van der Waals surface area contributed by atoms with Crippen LogP contribution < -0.4 is 0 Å². The zero-order chi connectivity index (χ0) is 19.1.